The quantitative estimate of drug-likeness (QED) is 0.172. The van der Waals surface area contributed by atoms with Gasteiger partial charge in [0.2, 0.25) is 0 Å². The molecule has 0 aliphatic heterocycles. The van der Waals surface area contributed by atoms with Crippen molar-refractivity contribution in [2.45, 2.75) is 32.7 Å². The molecule has 1 heterocycles. The smallest absolute Gasteiger partial charge is 0.147 e. The number of para-hydroxylation sites is 1. The van der Waals surface area contributed by atoms with Crippen molar-refractivity contribution in [1.82, 2.24) is 4.98 Å². The Morgan fingerprint density at radius 3 is 2.35 bits per heavy atom. The fourth-order valence-electron chi connectivity index (χ4n) is 7.42. The van der Waals surface area contributed by atoms with E-state index in [2.05, 4.69) is 126 Å². The first-order chi connectivity index (χ1) is 18.3. The summed E-state index contributed by atoms with van der Waals surface area (Å²) in [6, 6.07) is 33.9. The molecule has 5 heteroatoms. The van der Waals surface area contributed by atoms with Crippen molar-refractivity contribution >= 4 is 51.9 Å². The number of fused-ring (bicyclic) bond motifs is 5. The first-order valence-corrected chi connectivity index (χ1v) is 27.3. The largest absolute Gasteiger partial charge is 0.147 e. The van der Waals surface area contributed by atoms with Crippen LogP contribution in [-0.2, 0) is 23.8 Å². The molecule has 202 valence electrons. The number of rotatable bonds is 4. The first-order valence-electron chi connectivity index (χ1n) is 13.8. The van der Waals surface area contributed by atoms with Gasteiger partial charge in [-0.05, 0) is 0 Å². The molecular formula is C35H35Cl2NSiZr. The molecule has 2 aliphatic carbocycles. The summed E-state index contributed by atoms with van der Waals surface area (Å²) >= 11 is -3.56. The topological polar surface area (TPSA) is 12.9 Å². The minimum absolute atomic E-state index is 0. The van der Waals surface area contributed by atoms with Gasteiger partial charge < -0.3 is 0 Å². The van der Waals surface area contributed by atoms with Gasteiger partial charge in [-0.3, -0.25) is 0 Å². The van der Waals surface area contributed by atoms with Gasteiger partial charge >= 0.3 is 229 Å². The average Bonchev–Trinajstić information content (AvgIpc) is 3.51. The van der Waals surface area contributed by atoms with Crippen molar-refractivity contribution in [2.75, 3.05) is 0 Å². The molecule has 0 amide bonds. The maximum Gasteiger partial charge on any atom is -0.147 e. The molecule has 1 nitrogen and oxygen atoms in total. The molecule has 40 heavy (non-hydrogen) atoms. The summed E-state index contributed by atoms with van der Waals surface area (Å²) in [6.45, 7) is 4.75. The molecule has 0 fully saturated rings. The third-order valence-corrected chi connectivity index (χ3v) is 25.5. The molecule has 1 aromatic heterocycles. The minimum Gasteiger partial charge on any atom is -0.147 e. The van der Waals surface area contributed by atoms with Crippen LogP contribution in [0.15, 0.2) is 103 Å². The van der Waals surface area contributed by atoms with Gasteiger partial charge in [0.05, 0.1) is 0 Å². The standard InChI is InChI=1S/C20H16N.C13H9.2CH3.2ClH.H2Si.Zr/c1-2-14-10-15-7-5-8-18(19(15)11-14)17-12-16-6-3-4-9-20(16)21-13-17;1-3-7-12-10(5-1)9-11-6-2-4-8-13(11)12;;;;;;/h3-13H,2H2,1H3;1-5,7-8H,9H2;2*1H3;2*1H;1H2;. The first kappa shape index (κ1) is 29.2. The van der Waals surface area contributed by atoms with Crippen molar-refractivity contribution < 1.29 is 17.4 Å². The second-order valence-electron chi connectivity index (χ2n) is 12.2. The van der Waals surface area contributed by atoms with Crippen LogP contribution in [0, 0.1) is 0 Å². The number of benzene rings is 4. The zero-order valence-corrected chi connectivity index (χ0v) is 28.8. The molecule has 0 bridgehead atoms. The fourth-order valence-corrected chi connectivity index (χ4v) is 24.3. The Balaban J connectivity index is 0.00000161. The number of pyridine rings is 1. The third kappa shape index (κ3) is 4.42. The zero-order chi connectivity index (χ0) is 26.1. The Morgan fingerprint density at radius 2 is 1.52 bits per heavy atom. The summed E-state index contributed by atoms with van der Waals surface area (Å²) in [6.07, 6.45) is 6.76. The van der Waals surface area contributed by atoms with Gasteiger partial charge in [-0.25, -0.2) is 0 Å². The van der Waals surface area contributed by atoms with Gasteiger partial charge in [0.15, 0.2) is 0 Å². The van der Waals surface area contributed by atoms with Gasteiger partial charge in [0.25, 0.3) is 0 Å². The Hall–Kier alpha value is -2.29. The molecule has 1 unspecified atom stereocenters. The van der Waals surface area contributed by atoms with Crippen LogP contribution in [0.4, 0.5) is 0 Å². The molecule has 4 aromatic carbocycles. The number of hydrogen-bond donors (Lipinski definition) is 0. The normalized spacial score (nSPS) is 15.4. The van der Waals surface area contributed by atoms with Crippen LogP contribution in [0.25, 0.3) is 39.2 Å². The molecule has 0 spiro atoms. The minimum atomic E-state index is -3.56. The fraction of sp³-hybridized carbons (Fsp3) is 0.171. The SMILES string of the molecule is CCC1=Cc2c(-c3cnc4ccccc4c3)cccc2[CH]1[Zr]([CH3])([CH3])(=[SiH2])[c]1cccc2c1Cc1ccccc1-2.Cl.Cl. The number of halogens is 2. The summed E-state index contributed by atoms with van der Waals surface area (Å²) in [5.41, 5.74) is 14.1. The van der Waals surface area contributed by atoms with Gasteiger partial charge in [0, 0.05) is 0 Å². The molecule has 2 aliphatic rings. The summed E-state index contributed by atoms with van der Waals surface area (Å²) < 4.78 is 7.60. The van der Waals surface area contributed by atoms with E-state index in [0.29, 0.717) is 3.63 Å². The van der Waals surface area contributed by atoms with Crippen LogP contribution in [0.5, 0.6) is 0 Å². The van der Waals surface area contributed by atoms with Gasteiger partial charge in [-0.15, -0.1) is 24.8 Å². The molecule has 1 atom stereocenters. The van der Waals surface area contributed by atoms with Crippen LogP contribution in [0.2, 0.25) is 9.26 Å². The van der Waals surface area contributed by atoms with Gasteiger partial charge in [-0.1, -0.05) is 0 Å². The predicted molar refractivity (Wildman–Crippen MR) is 177 cm³/mol. The molecule has 0 saturated carbocycles. The van der Waals surface area contributed by atoms with Gasteiger partial charge in [-0.2, -0.15) is 0 Å². The number of nitrogens with zero attached hydrogens (tertiary/aromatic N) is 1. The second-order valence-corrected chi connectivity index (χ2v) is 41.6. The summed E-state index contributed by atoms with van der Waals surface area (Å²) in [5, 5.41) is 1.20. The molecule has 0 saturated heterocycles. The van der Waals surface area contributed by atoms with Crippen LogP contribution in [0.3, 0.4) is 0 Å². The maximum atomic E-state index is 4.80. The molecular weight excluding hydrogens is 625 g/mol. The van der Waals surface area contributed by atoms with Crippen molar-refractivity contribution in [3.05, 3.63) is 125 Å². The summed E-state index contributed by atoms with van der Waals surface area (Å²) in [7, 11) is 0. The molecule has 7 rings (SSSR count). The van der Waals surface area contributed by atoms with Crippen LogP contribution < -0.4 is 3.27 Å². The van der Waals surface area contributed by atoms with Crippen molar-refractivity contribution in [3.8, 4) is 22.3 Å². The van der Waals surface area contributed by atoms with Crippen LogP contribution >= 0.6 is 24.8 Å². The van der Waals surface area contributed by atoms with E-state index in [1.54, 1.807) is 14.4 Å². The molecule has 0 radical (unpaired) electrons. The second kappa shape index (κ2) is 10.5. The van der Waals surface area contributed by atoms with Crippen LogP contribution in [-0.4, -0.2) is 11.9 Å². The van der Waals surface area contributed by atoms with E-state index in [1.807, 2.05) is 0 Å². The monoisotopic (exact) mass is 657 g/mol. The summed E-state index contributed by atoms with van der Waals surface area (Å²) in [4.78, 5) is 4.80. The van der Waals surface area contributed by atoms with Crippen molar-refractivity contribution in [2.24, 2.45) is 0 Å². The van der Waals surface area contributed by atoms with E-state index in [9.17, 15) is 0 Å². The third-order valence-electron chi connectivity index (χ3n) is 9.12. The molecule has 5 aromatic rings. The Bertz CT molecular complexity index is 1880. The number of aromatic nitrogens is 1. The van der Waals surface area contributed by atoms with E-state index in [1.165, 1.54) is 44.3 Å². The van der Waals surface area contributed by atoms with Gasteiger partial charge in [0.1, 0.15) is 0 Å². The number of hydrogen-bond acceptors (Lipinski definition) is 1. The van der Waals surface area contributed by atoms with Crippen LogP contribution in [0.1, 0.15) is 39.2 Å². The van der Waals surface area contributed by atoms with E-state index in [4.69, 9.17) is 4.98 Å². The summed E-state index contributed by atoms with van der Waals surface area (Å²) in [5.74, 6) is 0. The Labute approximate surface area is 252 Å². The average molecular weight is 660 g/mol. The van der Waals surface area contributed by atoms with E-state index in [0.717, 1.165) is 18.4 Å². The van der Waals surface area contributed by atoms with E-state index < -0.39 is 17.4 Å². The Morgan fingerprint density at radius 1 is 0.825 bits per heavy atom. The predicted octanol–water partition coefficient (Wildman–Crippen LogP) is 8.82. The van der Waals surface area contributed by atoms with Crippen molar-refractivity contribution in [3.63, 3.8) is 0 Å². The maximum absolute atomic E-state index is 4.80. The van der Waals surface area contributed by atoms with E-state index >= 15 is 0 Å². The van der Waals surface area contributed by atoms with E-state index in [-0.39, 0.29) is 24.8 Å². The zero-order valence-electron chi connectivity index (χ0n) is 23.3. The van der Waals surface area contributed by atoms with Crippen molar-refractivity contribution in [1.29, 1.82) is 0 Å². The molecule has 0 N–H and O–H groups in total. The number of allylic oxidation sites excluding steroid dienone is 1. The Kier molecular flexibility index (Phi) is 7.68.